The highest BCUT2D eigenvalue weighted by atomic mass is 79.9. The van der Waals surface area contributed by atoms with Gasteiger partial charge in [0.15, 0.2) is 0 Å². The van der Waals surface area contributed by atoms with Crippen LogP contribution in [0.2, 0.25) is 10.0 Å². The van der Waals surface area contributed by atoms with Crippen LogP contribution in [0.15, 0.2) is 34.1 Å². The lowest BCUT2D eigenvalue weighted by Gasteiger charge is -2.00. The SMILES string of the molecule is O=C(c1ccc(Cl)c(Cl)c1)c1cc(Br)cs1. The van der Waals surface area contributed by atoms with Crippen LogP contribution >= 0.6 is 50.5 Å². The van der Waals surface area contributed by atoms with Gasteiger partial charge in [-0.2, -0.15) is 0 Å². The highest BCUT2D eigenvalue weighted by molar-refractivity contribution is 9.10. The van der Waals surface area contributed by atoms with Gasteiger partial charge in [-0.3, -0.25) is 4.79 Å². The molecule has 0 N–H and O–H groups in total. The summed E-state index contributed by atoms with van der Waals surface area (Å²) < 4.78 is 0.904. The van der Waals surface area contributed by atoms with E-state index < -0.39 is 0 Å². The number of carbonyl (C=O) groups excluding carboxylic acids is 1. The molecule has 82 valence electrons. The molecule has 16 heavy (non-hydrogen) atoms. The highest BCUT2D eigenvalue weighted by Crippen LogP contribution is 2.26. The molecular formula is C11H5BrCl2OS. The van der Waals surface area contributed by atoms with Crippen LogP contribution in [0.1, 0.15) is 15.2 Å². The minimum atomic E-state index is -0.0470. The number of hydrogen-bond donors (Lipinski definition) is 0. The van der Waals surface area contributed by atoms with Crippen LogP contribution in [-0.2, 0) is 0 Å². The second-order valence-corrected chi connectivity index (χ2v) is 5.73. The van der Waals surface area contributed by atoms with Gasteiger partial charge in [0.2, 0.25) is 5.78 Å². The van der Waals surface area contributed by atoms with Crippen LogP contribution in [0.4, 0.5) is 0 Å². The van der Waals surface area contributed by atoms with Crippen molar-refractivity contribution < 1.29 is 4.79 Å². The summed E-state index contributed by atoms with van der Waals surface area (Å²) in [4.78, 5) is 12.7. The minimum Gasteiger partial charge on any atom is -0.288 e. The summed E-state index contributed by atoms with van der Waals surface area (Å²) in [5, 5.41) is 2.71. The minimum absolute atomic E-state index is 0.0470. The molecule has 1 aromatic heterocycles. The van der Waals surface area contributed by atoms with Gasteiger partial charge in [-0.15, -0.1) is 11.3 Å². The number of ketones is 1. The van der Waals surface area contributed by atoms with Crippen molar-refractivity contribution in [2.75, 3.05) is 0 Å². The maximum atomic E-state index is 12.0. The van der Waals surface area contributed by atoms with Crippen molar-refractivity contribution >= 4 is 56.3 Å². The maximum absolute atomic E-state index is 12.0. The van der Waals surface area contributed by atoms with Gasteiger partial charge in [0, 0.05) is 15.4 Å². The first kappa shape index (κ1) is 12.1. The zero-order valence-electron chi connectivity index (χ0n) is 7.84. The standard InChI is InChI=1S/C11H5BrCl2OS/c12-7-4-10(16-5-7)11(15)6-1-2-8(13)9(14)3-6/h1-5H. The quantitative estimate of drug-likeness (QED) is 0.702. The molecule has 0 unspecified atom stereocenters. The molecule has 0 fully saturated rings. The van der Waals surface area contributed by atoms with Gasteiger partial charge >= 0.3 is 0 Å². The van der Waals surface area contributed by atoms with Gasteiger partial charge in [0.25, 0.3) is 0 Å². The normalized spacial score (nSPS) is 10.4. The summed E-state index contributed by atoms with van der Waals surface area (Å²) in [5.41, 5.74) is 0.545. The maximum Gasteiger partial charge on any atom is 0.203 e. The first-order valence-corrected chi connectivity index (χ1v) is 6.74. The molecule has 5 heteroatoms. The van der Waals surface area contributed by atoms with E-state index in [2.05, 4.69) is 15.9 Å². The van der Waals surface area contributed by atoms with Crippen molar-refractivity contribution in [3.05, 3.63) is 54.6 Å². The van der Waals surface area contributed by atoms with Crippen LogP contribution in [-0.4, -0.2) is 5.78 Å². The van der Waals surface area contributed by atoms with Crippen molar-refractivity contribution in [2.45, 2.75) is 0 Å². The number of carbonyl (C=O) groups is 1. The lowest BCUT2D eigenvalue weighted by Crippen LogP contribution is -1.98. The van der Waals surface area contributed by atoms with E-state index in [9.17, 15) is 4.79 Å². The van der Waals surface area contributed by atoms with Gasteiger partial charge in [0.1, 0.15) is 0 Å². The zero-order chi connectivity index (χ0) is 11.7. The molecule has 2 rings (SSSR count). The zero-order valence-corrected chi connectivity index (χ0v) is 11.8. The van der Waals surface area contributed by atoms with E-state index in [1.54, 1.807) is 24.3 Å². The summed E-state index contributed by atoms with van der Waals surface area (Å²) in [6.45, 7) is 0. The average Bonchev–Trinajstić information content (AvgIpc) is 2.68. The number of rotatable bonds is 2. The van der Waals surface area contributed by atoms with E-state index in [4.69, 9.17) is 23.2 Å². The van der Waals surface area contributed by atoms with Gasteiger partial charge in [-0.05, 0) is 40.2 Å². The van der Waals surface area contributed by atoms with E-state index in [0.717, 1.165) is 4.47 Å². The Morgan fingerprint density at radius 3 is 2.50 bits per heavy atom. The Hall–Kier alpha value is -0.350. The lowest BCUT2D eigenvalue weighted by molar-refractivity contribution is 0.104. The molecule has 0 atom stereocenters. The Kier molecular flexibility index (Phi) is 3.70. The van der Waals surface area contributed by atoms with Crippen molar-refractivity contribution in [1.82, 2.24) is 0 Å². The first-order valence-electron chi connectivity index (χ1n) is 4.31. The van der Waals surface area contributed by atoms with Crippen LogP contribution in [0.25, 0.3) is 0 Å². The summed E-state index contributed by atoms with van der Waals surface area (Å²) in [7, 11) is 0. The Morgan fingerprint density at radius 2 is 1.94 bits per heavy atom. The molecule has 0 aliphatic heterocycles. The molecule has 0 saturated carbocycles. The second kappa shape index (κ2) is 4.88. The predicted octanol–water partition coefficient (Wildman–Crippen LogP) is 5.05. The molecule has 0 bridgehead atoms. The Labute approximate surface area is 115 Å². The van der Waals surface area contributed by atoms with Crippen LogP contribution in [0.3, 0.4) is 0 Å². The monoisotopic (exact) mass is 334 g/mol. The molecule has 0 spiro atoms. The fraction of sp³-hybridized carbons (Fsp3) is 0. The molecule has 0 saturated heterocycles. The number of benzene rings is 1. The fourth-order valence-corrected chi connectivity index (χ4v) is 2.90. The van der Waals surface area contributed by atoms with Crippen molar-refractivity contribution in [2.24, 2.45) is 0 Å². The van der Waals surface area contributed by atoms with E-state index in [1.165, 1.54) is 11.3 Å². The Bertz CT molecular complexity index is 551. The highest BCUT2D eigenvalue weighted by Gasteiger charge is 2.12. The number of hydrogen-bond acceptors (Lipinski definition) is 2. The number of thiophene rings is 1. The predicted molar refractivity (Wildman–Crippen MR) is 71.9 cm³/mol. The van der Waals surface area contributed by atoms with E-state index in [-0.39, 0.29) is 5.78 Å². The van der Waals surface area contributed by atoms with Gasteiger partial charge in [-0.25, -0.2) is 0 Å². The third-order valence-electron chi connectivity index (χ3n) is 1.97. The van der Waals surface area contributed by atoms with E-state index in [0.29, 0.717) is 20.5 Å². The van der Waals surface area contributed by atoms with Crippen LogP contribution < -0.4 is 0 Å². The Balaban J connectivity index is 2.38. The number of halogens is 3. The average molecular weight is 336 g/mol. The largest absolute Gasteiger partial charge is 0.288 e. The van der Waals surface area contributed by atoms with Crippen LogP contribution in [0.5, 0.6) is 0 Å². The molecule has 1 heterocycles. The first-order chi connectivity index (χ1) is 7.58. The summed E-state index contributed by atoms with van der Waals surface area (Å²) in [6.07, 6.45) is 0. The van der Waals surface area contributed by atoms with Gasteiger partial charge in [-0.1, -0.05) is 23.2 Å². The molecule has 0 amide bonds. The third kappa shape index (κ3) is 2.48. The molecule has 0 aliphatic rings. The molecular weight excluding hydrogens is 331 g/mol. The summed E-state index contributed by atoms with van der Waals surface area (Å²) in [5.74, 6) is -0.0470. The molecule has 2 aromatic rings. The third-order valence-corrected chi connectivity index (χ3v) is 4.40. The lowest BCUT2D eigenvalue weighted by atomic mass is 10.1. The Morgan fingerprint density at radius 1 is 1.19 bits per heavy atom. The molecule has 0 radical (unpaired) electrons. The topological polar surface area (TPSA) is 17.1 Å². The van der Waals surface area contributed by atoms with E-state index in [1.807, 2.05) is 5.38 Å². The van der Waals surface area contributed by atoms with Crippen LogP contribution in [0, 0.1) is 0 Å². The van der Waals surface area contributed by atoms with Crippen molar-refractivity contribution in [3.8, 4) is 0 Å². The smallest absolute Gasteiger partial charge is 0.203 e. The fourth-order valence-electron chi connectivity index (χ4n) is 1.21. The van der Waals surface area contributed by atoms with Gasteiger partial charge < -0.3 is 0 Å². The molecule has 1 nitrogen and oxygen atoms in total. The second-order valence-electron chi connectivity index (χ2n) is 3.09. The van der Waals surface area contributed by atoms with Crippen molar-refractivity contribution in [3.63, 3.8) is 0 Å². The molecule has 0 aliphatic carbocycles. The van der Waals surface area contributed by atoms with Crippen molar-refractivity contribution in [1.29, 1.82) is 0 Å². The van der Waals surface area contributed by atoms with Gasteiger partial charge in [0.05, 0.1) is 14.9 Å². The van der Waals surface area contributed by atoms with E-state index >= 15 is 0 Å². The summed E-state index contributed by atoms with van der Waals surface area (Å²) >= 11 is 16.3. The summed E-state index contributed by atoms with van der Waals surface area (Å²) in [6, 6.07) is 6.67. The molecule has 1 aromatic carbocycles.